The highest BCUT2D eigenvalue weighted by atomic mass is 32.2. The largest absolute Gasteiger partial charge is 0.497 e. The van der Waals surface area contributed by atoms with E-state index in [1.165, 1.54) is 17.8 Å². The van der Waals surface area contributed by atoms with Gasteiger partial charge in [0.25, 0.3) is 0 Å². The minimum Gasteiger partial charge on any atom is -0.497 e. The van der Waals surface area contributed by atoms with E-state index < -0.39 is 0 Å². The number of halogens is 1. The summed E-state index contributed by atoms with van der Waals surface area (Å²) in [4.78, 5) is 4.60. The van der Waals surface area contributed by atoms with Gasteiger partial charge in [0.2, 0.25) is 5.16 Å². The molecule has 0 aliphatic carbocycles. The Bertz CT molecular complexity index is 1080. The summed E-state index contributed by atoms with van der Waals surface area (Å²) >= 11 is 1.42. The molecule has 0 saturated heterocycles. The van der Waals surface area contributed by atoms with Gasteiger partial charge >= 0.3 is 0 Å². The number of hydrogen-bond acceptors (Lipinski definition) is 5. The van der Waals surface area contributed by atoms with Crippen LogP contribution in [0.5, 0.6) is 5.75 Å². The van der Waals surface area contributed by atoms with Crippen LogP contribution in [0.4, 0.5) is 4.39 Å². The first-order chi connectivity index (χ1) is 12.2. The zero-order valence-corrected chi connectivity index (χ0v) is 14.5. The third-order valence-corrected chi connectivity index (χ3v) is 4.66. The average molecular weight is 354 g/mol. The van der Waals surface area contributed by atoms with E-state index in [9.17, 15) is 4.39 Å². The molecule has 0 aliphatic heterocycles. The van der Waals surface area contributed by atoms with Gasteiger partial charge in [0.1, 0.15) is 17.1 Å². The number of methoxy groups -OCH3 is 1. The van der Waals surface area contributed by atoms with E-state index in [-0.39, 0.29) is 5.82 Å². The van der Waals surface area contributed by atoms with Crippen LogP contribution >= 0.6 is 11.8 Å². The Morgan fingerprint density at radius 1 is 1.16 bits per heavy atom. The Hall–Kier alpha value is -2.67. The number of fused-ring (bicyclic) bond motifs is 3. The van der Waals surface area contributed by atoms with E-state index >= 15 is 0 Å². The molecule has 0 bridgehead atoms. The molecule has 0 aliphatic rings. The van der Waals surface area contributed by atoms with E-state index in [4.69, 9.17) is 4.74 Å². The number of nitrogens with zero attached hydrogens (tertiary/aromatic N) is 4. The van der Waals surface area contributed by atoms with E-state index in [0.29, 0.717) is 28.4 Å². The molecule has 0 atom stereocenters. The summed E-state index contributed by atoms with van der Waals surface area (Å²) in [7, 11) is 1.62. The van der Waals surface area contributed by atoms with Crippen LogP contribution < -0.4 is 4.74 Å². The monoisotopic (exact) mass is 354 g/mol. The van der Waals surface area contributed by atoms with Gasteiger partial charge in [-0.15, -0.1) is 10.2 Å². The lowest BCUT2D eigenvalue weighted by Crippen LogP contribution is -2.03. The van der Waals surface area contributed by atoms with E-state index in [1.807, 2.05) is 35.1 Å². The van der Waals surface area contributed by atoms with E-state index in [2.05, 4.69) is 15.2 Å². The van der Waals surface area contributed by atoms with Crippen LogP contribution in [0.25, 0.3) is 22.1 Å². The summed E-state index contributed by atoms with van der Waals surface area (Å²) in [5.41, 5.74) is 2.88. The molecule has 0 radical (unpaired) electrons. The Balaban J connectivity index is 2.00. The zero-order chi connectivity index (χ0) is 17.4. The van der Waals surface area contributed by atoms with Gasteiger partial charge in [0, 0.05) is 10.9 Å². The van der Waals surface area contributed by atoms with Crippen LogP contribution in [0.3, 0.4) is 0 Å². The summed E-state index contributed by atoms with van der Waals surface area (Å²) in [6, 6.07) is 12.5. The molecule has 0 spiro atoms. The van der Waals surface area contributed by atoms with Crippen molar-refractivity contribution in [3.63, 3.8) is 0 Å². The molecule has 25 heavy (non-hydrogen) atoms. The molecular formula is C18H15FN4OS. The Labute approximate surface area is 147 Å². The summed E-state index contributed by atoms with van der Waals surface area (Å²) in [6.45, 7) is 0.367. The molecule has 2 aromatic carbocycles. The second-order valence-corrected chi connectivity index (χ2v) is 6.30. The Morgan fingerprint density at radius 3 is 2.76 bits per heavy atom. The normalized spacial score (nSPS) is 11.3. The molecule has 126 valence electrons. The molecule has 5 nitrogen and oxygen atoms in total. The smallest absolute Gasteiger partial charge is 0.210 e. The Kier molecular flexibility index (Phi) is 4.01. The van der Waals surface area contributed by atoms with Crippen LogP contribution in [0.2, 0.25) is 0 Å². The van der Waals surface area contributed by atoms with Crippen LogP contribution in [0, 0.1) is 5.82 Å². The van der Waals surface area contributed by atoms with Gasteiger partial charge in [0.05, 0.1) is 19.2 Å². The Morgan fingerprint density at radius 2 is 2.00 bits per heavy atom. The predicted octanol–water partition coefficient (Wildman–Crippen LogP) is 3.90. The molecule has 0 fully saturated rings. The minimum atomic E-state index is -0.238. The number of benzene rings is 2. The molecule has 0 saturated carbocycles. The lowest BCUT2D eigenvalue weighted by molar-refractivity contribution is 0.415. The van der Waals surface area contributed by atoms with Crippen molar-refractivity contribution in [1.29, 1.82) is 0 Å². The lowest BCUT2D eigenvalue weighted by atomic mass is 10.2. The van der Waals surface area contributed by atoms with E-state index in [0.717, 1.165) is 16.7 Å². The van der Waals surface area contributed by atoms with Crippen LogP contribution in [0.1, 0.15) is 5.56 Å². The van der Waals surface area contributed by atoms with Gasteiger partial charge in [0.15, 0.2) is 5.65 Å². The number of rotatable bonds is 4. The maximum absolute atomic E-state index is 14.2. The summed E-state index contributed by atoms with van der Waals surface area (Å²) in [5.74, 6) is 0.492. The van der Waals surface area contributed by atoms with Crippen molar-refractivity contribution in [2.75, 3.05) is 13.4 Å². The first kappa shape index (κ1) is 15.8. The van der Waals surface area contributed by atoms with Crippen LogP contribution in [-0.2, 0) is 6.54 Å². The van der Waals surface area contributed by atoms with Crippen LogP contribution in [0.15, 0.2) is 47.6 Å². The van der Waals surface area contributed by atoms with Crippen molar-refractivity contribution < 1.29 is 9.13 Å². The number of thioether (sulfide) groups is 1. The van der Waals surface area contributed by atoms with Crippen molar-refractivity contribution in [2.24, 2.45) is 0 Å². The quantitative estimate of drug-likeness (QED) is 0.520. The first-order valence-electron chi connectivity index (χ1n) is 7.69. The highest BCUT2D eigenvalue weighted by Crippen LogP contribution is 2.31. The zero-order valence-electron chi connectivity index (χ0n) is 13.7. The van der Waals surface area contributed by atoms with Crippen molar-refractivity contribution in [3.8, 4) is 5.75 Å². The predicted molar refractivity (Wildman–Crippen MR) is 96.7 cm³/mol. The third-order valence-electron chi connectivity index (χ3n) is 4.12. The topological polar surface area (TPSA) is 52.8 Å². The lowest BCUT2D eigenvalue weighted by Gasteiger charge is -2.08. The SMILES string of the molecule is COc1ccc2c(c1)c1nnc(SC)nc1n2Cc1ccccc1F. The van der Waals surface area contributed by atoms with E-state index in [1.54, 1.807) is 19.2 Å². The maximum atomic E-state index is 14.2. The maximum Gasteiger partial charge on any atom is 0.210 e. The summed E-state index contributed by atoms with van der Waals surface area (Å²) in [6.07, 6.45) is 1.90. The standard InChI is InChI=1S/C18H15FN4OS/c1-24-12-7-8-15-13(9-12)16-17(20-18(25-2)22-21-16)23(15)10-11-5-3-4-6-14(11)19/h3-9H,10H2,1-2H3. The van der Waals surface area contributed by atoms with Gasteiger partial charge in [-0.2, -0.15) is 0 Å². The summed E-state index contributed by atoms with van der Waals surface area (Å²) in [5, 5.41) is 9.95. The van der Waals surface area contributed by atoms with Gasteiger partial charge in [-0.3, -0.25) is 0 Å². The van der Waals surface area contributed by atoms with Crippen molar-refractivity contribution in [3.05, 3.63) is 53.8 Å². The molecule has 2 heterocycles. The molecule has 0 N–H and O–H groups in total. The van der Waals surface area contributed by atoms with Gasteiger partial charge < -0.3 is 9.30 Å². The van der Waals surface area contributed by atoms with Gasteiger partial charge in [-0.1, -0.05) is 30.0 Å². The molecular weight excluding hydrogens is 339 g/mol. The number of hydrogen-bond donors (Lipinski definition) is 0. The van der Waals surface area contributed by atoms with Gasteiger partial charge in [-0.25, -0.2) is 9.37 Å². The summed E-state index contributed by atoms with van der Waals surface area (Å²) < 4.78 is 21.4. The molecule has 0 amide bonds. The van der Waals surface area contributed by atoms with Crippen LogP contribution in [-0.4, -0.2) is 33.1 Å². The highest BCUT2D eigenvalue weighted by molar-refractivity contribution is 7.98. The third kappa shape index (κ3) is 2.70. The fraction of sp³-hybridized carbons (Fsp3) is 0.167. The van der Waals surface area contributed by atoms with Gasteiger partial charge in [-0.05, 0) is 30.5 Å². The molecule has 2 aromatic heterocycles. The molecule has 4 rings (SSSR count). The van der Waals surface area contributed by atoms with Crippen molar-refractivity contribution in [1.82, 2.24) is 19.7 Å². The van der Waals surface area contributed by atoms with Crippen molar-refractivity contribution in [2.45, 2.75) is 11.7 Å². The fourth-order valence-electron chi connectivity index (χ4n) is 2.89. The van der Waals surface area contributed by atoms with Crippen molar-refractivity contribution >= 4 is 33.8 Å². The second kappa shape index (κ2) is 6.33. The number of ether oxygens (including phenoxy) is 1. The molecule has 0 unspecified atom stereocenters. The minimum absolute atomic E-state index is 0.238. The average Bonchev–Trinajstić information content (AvgIpc) is 2.96. The second-order valence-electron chi connectivity index (χ2n) is 5.53. The fourth-order valence-corrected chi connectivity index (χ4v) is 3.19. The first-order valence-corrected chi connectivity index (χ1v) is 8.92. The molecule has 7 heteroatoms. The molecule has 4 aromatic rings. The highest BCUT2D eigenvalue weighted by Gasteiger charge is 2.16. The number of aromatic nitrogens is 4.